The van der Waals surface area contributed by atoms with Gasteiger partial charge in [-0.05, 0) is 100 Å². The van der Waals surface area contributed by atoms with E-state index < -0.39 is 0 Å². The lowest BCUT2D eigenvalue weighted by molar-refractivity contribution is 0.673. The lowest BCUT2D eigenvalue weighted by Gasteiger charge is -2.18. The second kappa shape index (κ2) is 10.9. The molecule has 0 aliphatic heterocycles. The average Bonchev–Trinajstić information content (AvgIpc) is 3.59. The zero-order valence-electron chi connectivity index (χ0n) is 27.7. The van der Waals surface area contributed by atoms with Crippen LogP contribution in [-0.4, -0.2) is 0 Å². The molecule has 10 aromatic carbocycles. The van der Waals surface area contributed by atoms with E-state index in [0.717, 1.165) is 33.1 Å². The predicted molar refractivity (Wildman–Crippen MR) is 218 cm³/mol. The quantitative estimate of drug-likeness (QED) is 0.138. The van der Waals surface area contributed by atoms with Gasteiger partial charge in [0, 0.05) is 16.2 Å². The van der Waals surface area contributed by atoms with Crippen LogP contribution in [-0.2, 0) is 0 Å². The Morgan fingerprint density at radius 1 is 0.275 bits per heavy atom. The first-order valence-corrected chi connectivity index (χ1v) is 17.6. The van der Waals surface area contributed by atoms with Crippen LogP contribution in [0.2, 0.25) is 0 Å². The summed E-state index contributed by atoms with van der Waals surface area (Å²) in [5.74, 6) is 0. The smallest absolute Gasteiger partial charge is 0.143 e. The zero-order chi connectivity index (χ0) is 33.5. The fourth-order valence-electron chi connectivity index (χ4n) is 8.51. The summed E-state index contributed by atoms with van der Waals surface area (Å²) < 4.78 is 6.70. The maximum atomic E-state index is 6.70. The van der Waals surface area contributed by atoms with Crippen molar-refractivity contribution in [1.29, 1.82) is 0 Å². The first-order valence-electron chi connectivity index (χ1n) is 17.6. The number of hydrogen-bond acceptors (Lipinski definition) is 1. The van der Waals surface area contributed by atoms with Gasteiger partial charge in [0.15, 0.2) is 0 Å². The number of fused-ring (bicyclic) bond motifs is 11. The molecule has 0 aliphatic rings. The minimum absolute atomic E-state index is 0.911. The normalized spacial score (nSPS) is 11.9. The first kappa shape index (κ1) is 28.2. The van der Waals surface area contributed by atoms with E-state index in [-0.39, 0.29) is 0 Å². The van der Waals surface area contributed by atoms with Gasteiger partial charge in [0.2, 0.25) is 0 Å². The molecule has 0 saturated carbocycles. The molecule has 1 nitrogen and oxygen atoms in total. The SMILES string of the molecule is c1ccc2cc(-c3c4ccccc4c(-c4ccc(-c5ccc6c(c5)oc5c7ccccc7c7ccccc7c65)cc4)c4ccccc34)ccc2c1. The van der Waals surface area contributed by atoms with Crippen LogP contribution in [0.5, 0.6) is 0 Å². The van der Waals surface area contributed by atoms with Crippen LogP contribution in [0.1, 0.15) is 0 Å². The highest BCUT2D eigenvalue weighted by Gasteiger charge is 2.18. The molecule has 0 aliphatic carbocycles. The van der Waals surface area contributed by atoms with E-state index in [0.29, 0.717) is 0 Å². The van der Waals surface area contributed by atoms with Crippen LogP contribution in [0.15, 0.2) is 186 Å². The van der Waals surface area contributed by atoms with E-state index in [1.54, 1.807) is 0 Å². The van der Waals surface area contributed by atoms with Gasteiger partial charge in [-0.2, -0.15) is 0 Å². The summed E-state index contributed by atoms with van der Waals surface area (Å²) in [4.78, 5) is 0. The molecule has 51 heavy (non-hydrogen) atoms. The van der Waals surface area contributed by atoms with Gasteiger partial charge in [0.1, 0.15) is 11.2 Å². The summed E-state index contributed by atoms with van der Waals surface area (Å²) in [7, 11) is 0. The number of hydrogen-bond donors (Lipinski definition) is 0. The molecule has 11 aromatic rings. The third-order valence-corrected chi connectivity index (χ3v) is 10.8. The maximum Gasteiger partial charge on any atom is 0.143 e. The molecule has 0 N–H and O–H groups in total. The van der Waals surface area contributed by atoms with Gasteiger partial charge in [-0.3, -0.25) is 0 Å². The van der Waals surface area contributed by atoms with Crippen molar-refractivity contribution in [3.8, 4) is 33.4 Å². The van der Waals surface area contributed by atoms with E-state index in [1.165, 1.54) is 76.1 Å². The van der Waals surface area contributed by atoms with Crippen molar-refractivity contribution in [2.24, 2.45) is 0 Å². The van der Waals surface area contributed by atoms with Crippen molar-refractivity contribution in [2.75, 3.05) is 0 Å². The number of benzene rings is 10. The van der Waals surface area contributed by atoms with Gasteiger partial charge in [-0.25, -0.2) is 0 Å². The van der Waals surface area contributed by atoms with Gasteiger partial charge in [0.05, 0.1) is 0 Å². The zero-order valence-corrected chi connectivity index (χ0v) is 27.7. The fourth-order valence-corrected chi connectivity index (χ4v) is 8.51. The monoisotopic (exact) mass is 646 g/mol. The average molecular weight is 647 g/mol. The molecular weight excluding hydrogens is 617 g/mol. The summed E-state index contributed by atoms with van der Waals surface area (Å²) in [6.07, 6.45) is 0. The van der Waals surface area contributed by atoms with Gasteiger partial charge in [0.25, 0.3) is 0 Å². The van der Waals surface area contributed by atoms with Crippen molar-refractivity contribution < 1.29 is 4.42 Å². The molecule has 0 bridgehead atoms. The topological polar surface area (TPSA) is 13.1 Å². The fraction of sp³-hybridized carbons (Fsp3) is 0. The van der Waals surface area contributed by atoms with Crippen molar-refractivity contribution >= 4 is 75.8 Å². The van der Waals surface area contributed by atoms with Crippen molar-refractivity contribution in [2.45, 2.75) is 0 Å². The molecule has 0 amide bonds. The Labute approximate surface area is 294 Å². The van der Waals surface area contributed by atoms with Crippen LogP contribution in [0.3, 0.4) is 0 Å². The van der Waals surface area contributed by atoms with E-state index in [9.17, 15) is 0 Å². The largest absolute Gasteiger partial charge is 0.455 e. The summed E-state index contributed by atoms with van der Waals surface area (Å²) in [5, 5.41) is 14.8. The Balaban J connectivity index is 1.07. The van der Waals surface area contributed by atoms with Gasteiger partial charge >= 0.3 is 0 Å². The van der Waals surface area contributed by atoms with E-state index >= 15 is 0 Å². The summed E-state index contributed by atoms with van der Waals surface area (Å²) in [5.41, 5.74) is 9.17. The minimum atomic E-state index is 0.911. The van der Waals surface area contributed by atoms with Crippen molar-refractivity contribution in [3.63, 3.8) is 0 Å². The molecular formula is C50H30O. The molecule has 0 atom stereocenters. The van der Waals surface area contributed by atoms with Crippen molar-refractivity contribution in [1.82, 2.24) is 0 Å². The Kier molecular flexibility index (Phi) is 6.02. The molecule has 0 spiro atoms. The lowest BCUT2D eigenvalue weighted by atomic mass is 9.85. The minimum Gasteiger partial charge on any atom is -0.455 e. The van der Waals surface area contributed by atoms with Crippen LogP contribution in [0.25, 0.3) is 109 Å². The molecule has 0 radical (unpaired) electrons. The van der Waals surface area contributed by atoms with E-state index in [2.05, 4.69) is 182 Å². The first-order chi connectivity index (χ1) is 25.3. The van der Waals surface area contributed by atoms with E-state index in [1.807, 2.05) is 0 Å². The van der Waals surface area contributed by atoms with Crippen molar-refractivity contribution in [3.05, 3.63) is 182 Å². The Morgan fingerprint density at radius 3 is 1.41 bits per heavy atom. The van der Waals surface area contributed by atoms with Gasteiger partial charge in [-0.15, -0.1) is 0 Å². The predicted octanol–water partition coefficient (Wildman–Crippen LogP) is 14.4. The van der Waals surface area contributed by atoms with Crippen LogP contribution >= 0.6 is 0 Å². The highest BCUT2D eigenvalue weighted by atomic mass is 16.3. The third kappa shape index (κ3) is 4.22. The maximum absolute atomic E-state index is 6.70. The van der Waals surface area contributed by atoms with Crippen LogP contribution < -0.4 is 0 Å². The highest BCUT2D eigenvalue weighted by molar-refractivity contribution is 6.30. The second-order valence-electron chi connectivity index (χ2n) is 13.6. The molecule has 11 rings (SSSR count). The number of rotatable bonds is 3. The van der Waals surface area contributed by atoms with E-state index in [4.69, 9.17) is 4.42 Å². The van der Waals surface area contributed by atoms with Gasteiger partial charge in [-0.1, -0.05) is 164 Å². The number of furan rings is 1. The van der Waals surface area contributed by atoms with Crippen LogP contribution in [0, 0.1) is 0 Å². The van der Waals surface area contributed by atoms with Crippen LogP contribution in [0.4, 0.5) is 0 Å². The summed E-state index contributed by atoms with van der Waals surface area (Å²) in [6.45, 7) is 0. The molecule has 1 heteroatoms. The Bertz CT molecular complexity index is 3120. The molecule has 0 saturated heterocycles. The second-order valence-corrected chi connectivity index (χ2v) is 13.6. The highest BCUT2D eigenvalue weighted by Crippen LogP contribution is 2.45. The standard InChI is InChI=1S/C50H30O/c1-2-12-34-29-36(26-23-31(34)11-1)48-42-18-8-6-16-40(42)47(41-17-7-9-19-43(41)48)33-24-21-32(22-25-33)35-27-28-45-46(30-35)51-50-44-20-10-4-14-38(44)37-13-3-5-15-39(37)49(45)50/h1-30H. The third-order valence-electron chi connectivity index (χ3n) is 10.8. The summed E-state index contributed by atoms with van der Waals surface area (Å²) >= 11 is 0. The molecule has 0 unspecified atom stereocenters. The molecule has 236 valence electrons. The summed E-state index contributed by atoms with van der Waals surface area (Å²) in [6, 6.07) is 66.2. The molecule has 1 heterocycles. The Hall–Kier alpha value is -6.70. The lowest BCUT2D eigenvalue weighted by Crippen LogP contribution is -1.91. The molecule has 0 fully saturated rings. The van der Waals surface area contributed by atoms with Gasteiger partial charge < -0.3 is 4.42 Å². The molecule has 1 aromatic heterocycles. The Morgan fingerprint density at radius 2 is 0.745 bits per heavy atom.